The highest BCUT2D eigenvalue weighted by molar-refractivity contribution is 5.93. The summed E-state index contributed by atoms with van der Waals surface area (Å²) < 4.78 is 0. The summed E-state index contributed by atoms with van der Waals surface area (Å²) in [5, 5.41) is 3.03. The Hall–Kier alpha value is -1.84. The topological polar surface area (TPSA) is 49.4 Å². The Balaban J connectivity index is 1.88. The number of carbonyl (C=O) groups is 2. The first-order valence-corrected chi connectivity index (χ1v) is 8.72. The molecule has 2 amide bonds. The van der Waals surface area contributed by atoms with Gasteiger partial charge in [-0.3, -0.25) is 9.59 Å². The molecule has 4 nitrogen and oxygen atoms in total. The number of hydrogen-bond donors (Lipinski definition) is 1. The van der Waals surface area contributed by atoms with Gasteiger partial charge < -0.3 is 10.2 Å². The van der Waals surface area contributed by atoms with Crippen molar-refractivity contribution in [3.05, 3.63) is 29.8 Å². The predicted octanol–water partition coefficient (Wildman–Crippen LogP) is 3.61. The molecule has 4 heteroatoms. The molecule has 1 aliphatic rings. The molecular formula is C19H28N2O2. The Labute approximate surface area is 139 Å². The van der Waals surface area contributed by atoms with E-state index in [1.807, 2.05) is 49.9 Å². The van der Waals surface area contributed by atoms with Crippen LogP contribution in [0, 0.1) is 18.8 Å². The van der Waals surface area contributed by atoms with Crippen molar-refractivity contribution in [3.8, 4) is 0 Å². The number of nitrogens with one attached hydrogen (secondary N) is 1. The van der Waals surface area contributed by atoms with Gasteiger partial charge in [0.05, 0.1) is 0 Å². The van der Waals surface area contributed by atoms with Crippen LogP contribution >= 0.6 is 0 Å². The fraction of sp³-hybridized carbons (Fsp3) is 0.579. The van der Waals surface area contributed by atoms with Crippen LogP contribution in [0.4, 0.5) is 5.69 Å². The SMILES string of the molecule is CCN(CC)C(=O)C1CCC(C(=O)Nc2ccccc2C)CC1. The second-order valence-electron chi connectivity index (χ2n) is 6.36. The fourth-order valence-corrected chi connectivity index (χ4v) is 3.34. The van der Waals surface area contributed by atoms with Gasteiger partial charge in [-0.15, -0.1) is 0 Å². The fourth-order valence-electron chi connectivity index (χ4n) is 3.34. The van der Waals surface area contributed by atoms with Crippen molar-refractivity contribution in [2.45, 2.75) is 46.5 Å². The number of nitrogens with zero attached hydrogens (tertiary/aromatic N) is 1. The number of anilines is 1. The third-order valence-electron chi connectivity index (χ3n) is 4.93. The minimum absolute atomic E-state index is 0.0235. The van der Waals surface area contributed by atoms with Crippen molar-refractivity contribution in [1.29, 1.82) is 0 Å². The van der Waals surface area contributed by atoms with Gasteiger partial charge in [0.25, 0.3) is 0 Å². The van der Waals surface area contributed by atoms with Gasteiger partial charge in [-0.1, -0.05) is 18.2 Å². The van der Waals surface area contributed by atoms with Crippen molar-refractivity contribution >= 4 is 17.5 Å². The zero-order valence-corrected chi connectivity index (χ0v) is 14.5. The summed E-state index contributed by atoms with van der Waals surface area (Å²) in [5.41, 5.74) is 1.96. The van der Waals surface area contributed by atoms with Crippen LogP contribution in [0.2, 0.25) is 0 Å². The molecule has 0 heterocycles. The molecule has 0 spiro atoms. The Morgan fingerprint density at radius 3 is 2.17 bits per heavy atom. The van der Waals surface area contributed by atoms with Gasteiger partial charge in [0.1, 0.15) is 0 Å². The maximum absolute atomic E-state index is 12.4. The number of hydrogen-bond acceptors (Lipinski definition) is 2. The quantitative estimate of drug-likeness (QED) is 0.902. The van der Waals surface area contributed by atoms with Crippen LogP contribution in [0.25, 0.3) is 0 Å². The van der Waals surface area contributed by atoms with Gasteiger partial charge >= 0.3 is 0 Å². The lowest BCUT2D eigenvalue weighted by molar-refractivity contribution is -0.137. The molecule has 126 valence electrons. The molecule has 0 aliphatic heterocycles. The minimum atomic E-state index is 0.0235. The van der Waals surface area contributed by atoms with Crippen molar-refractivity contribution in [1.82, 2.24) is 4.90 Å². The third kappa shape index (κ3) is 4.34. The average molecular weight is 316 g/mol. The van der Waals surface area contributed by atoms with Gasteiger partial charge in [0.15, 0.2) is 0 Å². The summed E-state index contributed by atoms with van der Waals surface area (Å²) >= 11 is 0. The van der Waals surface area contributed by atoms with Crippen LogP contribution < -0.4 is 5.32 Å². The second kappa shape index (κ2) is 8.14. The van der Waals surface area contributed by atoms with Crippen LogP contribution in [0.15, 0.2) is 24.3 Å². The molecular weight excluding hydrogens is 288 g/mol. The van der Waals surface area contributed by atoms with E-state index in [9.17, 15) is 9.59 Å². The summed E-state index contributed by atoms with van der Waals surface area (Å²) in [5.74, 6) is 0.466. The van der Waals surface area contributed by atoms with Crippen LogP contribution in [-0.2, 0) is 9.59 Å². The van der Waals surface area contributed by atoms with E-state index in [2.05, 4.69) is 5.32 Å². The average Bonchev–Trinajstić information content (AvgIpc) is 2.58. The maximum atomic E-state index is 12.4. The molecule has 0 unspecified atom stereocenters. The summed E-state index contributed by atoms with van der Waals surface area (Å²) in [6.45, 7) is 7.56. The number of rotatable bonds is 5. The molecule has 1 N–H and O–H groups in total. The lowest BCUT2D eigenvalue weighted by Crippen LogP contribution is -2.38. The normalized spacial score (nSPS) is 20.8. The largest absolute Gasteiger partial charge is 0.343 e. The van der Waals surface area contributed by atoms with Crippen molar-refractivity contribution in [3.63, 3.8) is 0 Å². The van der Waals surface area contributed by atoms with E-state index in [4.69, 9.17) is 0 Å². The molecule has 0 aromatic heterocycles. The first-order valence-electron chi connectivity index (χ1n) is 8.72. The molecule has 1 aliphatic carbocycles. The van der Waals surface area contributed by atoms with E-state index in [1.54, 1.807) is 0 Å². The van der Waals surface area contributed by atoms with Crippen LogP contribution in [0.5, 0.6) is 0 Å². The molecule has 1 aromatic carbocycles. The number of carbonyl (C=O) groups excluding carboxylic acids is 2. The maximum Gasteiger partial charge on any atom is 0.227 e. The lowest BCUT2D eigenvalue weighted by Gasteiger charge is -2.30. The summed E-state index contributed by atoms with van der Waals surface area (Å²) in [6.07, 6.45) is 3.24. The highest BCUT2D eigenvalue weighted by atomic mass is 16.2. The molecule has 23 heavy (non-hydrogen) atoms. The Bertz CT molecular complexity index is 544. The Morgan fingerprint density at radius 1 is 1.04 bits per heavy atom. The van der Waals surface area contributed by atoms with Crippen molar-refractivity contribution in [2.75, 3.05) is 18.4 Å². The zero-order valence-electron chi connectivity index (χ0n) is 14.5. The summed E-state index contributed by atoms with van der Waals surface area (Å²) in [7, 11) is 0. The van der Waals surface area contributed by atoms with E-state index < -0.39 is 0 Å². The monoisotopic (exact) mass is 316 g/mol. The van der Waals surface area contributed by atoms with E-state index >= 15 is 0 Å². The van der Waals surface area contributed by atoms with E-state index in [-0.39, 0.29) is 23.7 Å². The van der Waals surface area contributed by atoms with Crippen LogP contribution in [-0.4, -0.2) is 29.8 Å². The second-order valence-corrected chi connectivity index (χ2v) is 6.36. The molecule has 1 aromatic rings. The zero-order chi connectivity index (χ0) is 16.8. The first kappa shape index (κ1) is 17.5. The van der Waals surface area contributed by atoms with Gasteiger partial charge in [0, 0.05) is 30.6 Å². The minimum Gasteiger partial charge on any atom is -0.343 e. The number of amides is 2. The van der Waals surface area contributed by atoms with Gasteiger partial charge in [-0.05, 0) is 58.1 Å². The van der Waals surface area contributed by atoms with Gasteiger partial charge in [-0.2, -0.15) is 0 Å². The highest BCUT2D eigenvalue weighted by Crippen LogP contribution is 2.31. The molecule has 0 bridgehead atoms. The van der Waals surface area contributed by atoms with E-state index in [1.165, 1.54) is 0 Å². The third-order valence-corrected chi connectivity index (χ3v) is 4.93. The smallest absolute Gasteiger partial charge is 0.227 e. The standard InChI is InChI=1S/C19H28N2O2/c1-4-21(5-2)19(23)16-12-10-15(11-13-16)18(22)20-17-9-7-6-8-14(17)3/h6-9,15-16H,4-5,10-13H2,1-3H3,(H,20,22). The van der Waals surface area contributed by atoms with E-state index in [0.29, 0.717) is 0 Å². The Kier molecular flexibility index (Phi) is 6.20. The van der Waals surface area contributed by atoms with Crippen molar-refractivity contribution in [2.24, 2.45) is 11.8 Å². The van der Waals surface area contributed by atoms with Crippen LogP contribution in [0.3, 0.4) is 0 Å². The molecule has 1 fully saturated rings. The first-order chi connectivity index (χ1) is 11.1. The lowest BCUT2D eigenvalue weighted by atomic mass is 9.81. The number of benzene rings is 1. The van der Waals surface area contributed by atoms with E-state index in [0.717, 1.165) is 50.0 Å². The van der Waals surface area contributed by atoms with Gasteiger partial charge in [-0.25, -0.2) is 0 Å². The molecule has 0 radical (unpaired) electrons. The predicted molar refractivity (Wildman–Crippen MR) is 93.2 cm³/mol. The van der Waals surface area contributed by atoms with Crippen LogP contribution in [0.1, 0.15) is 45.1 Å². The highest BCUT2D eigenvalue weighted by Gasteiger charge is 2.31. The molecule has 0 saturated heterocycles. The number of para-hydroxylation sites is 1. The summed E-state index contributed by atoms with van der Waals surface area (Å²) in [4.78, 5) is 26.7. The molecule has 1 saturated carbocycles. The van der Waals surface area contributed by atoms with Gasteiger partial charge in [0.2, 0.25) is 11.8 Å². The van der Waals surface area contributed by atoms with Crippen molar-refractivity contribution < 1.29 is 9.59 Å². The summed E-state index contributed by atoms with van der Waals surface area (Å²) in [6, 6.07) is 7.83. The molecule has 2 rings (SSSR count). The molecule has 0 atom stereocenters. The Morgan fingerprint density at radius 2 is 1.61 bits per heavy atom. The number of aryl methyl sites for hydroxylation is 1.